The number of nitrogens with zero attached hydrogens (tertiary/aromatic N) is 1. The van der Waals surface area contributed by atoms with E-state index in [0.717, 1.165) is 18.0 Å². The number of rotatable bonds is 0. The minimum Gasteiger partial charge on any atom is -0.326 e. The van der Waals surface area contributed by atoms with Crippen molar-refractivity contribution in [2.24, 2.45) is 11.7 Å². The van der Waals surface area contributed by atoms with Crippen molar-refractivity contribution < 1.29 is 0 Å². The fourth-order valence-electron chi connectivity index (χ4n) is 3.73. The second kappa shape index (κ2) is 2.46. The summed E-state index contributed by atoms with van der Waals surface area (Å²) in [7, 11) is 0. The first-order valence-electron chi connectivity index (χ1n) is 5.37. The average molecular weight is 166 g/mol. The van der Waals surface area contributed by atoms with Gasteiger partial charge in [-0.05, 0) is 44.6 Å². The third kappa shape index (κ3) is 0.826. The Balaban J connectivity index is 1.92. The molecule has 3 fully saturated rings. The normalized spacial score (nSPS) is 57.2. The summed E-state index contributed by atoms with van der Waals surface area (Å²) < 4.78 is 0. The van der Waals surface area contributed by atoms with Gasteiger partial charge >= 0.3 is 0 Å². The summed E-state index contributed by atoms with van der Waals surface area (Å²) in [6.07, 6.45) is 6.98. The van der Waals surface area contributed by atoms with Crippen molar-refractivity contribution >= 4 is 0 Å². The van der Waals surface area contributed by atoms with Crippen molar-refractivity contribution in [2.75, 3.05) is 6.54 Å². The van der Waals surface area contributed by atoms with E-state index in [9.17, 15) is 0 Å². The Morgan fingerprint density at radius 1 is 1.17 bits per heavy atom. The molecule has 0 radical (unpaired) electrons. The Bertz CT molecular complexity index is 192. The van der Waals surface area contributed by atoms with E-state index in [1.165, 1.54) is 38.6 Å². The maximum Gasteiger partial charge on any atom is 0.0278 e. The topological polar surface area (TPSA) is 29.3 Å². The van der Waals surface area contributed by atoms with Crippen molar-refractivity contribution in [3.63, 3.8) is 0 Å². The molecule has 4 bridgehead atoms. The molecule has 12 heavy (non-hydrogen) atoms. The molecule has 0 saturated carbocycles. The van der Waals surface area contributed by atoms with E-state index in [1.807, 2.05) is 0 Å². The highest BCUT2D eigenvalue weighted by Crippen LogP contribution is 2.44. The summed E-state index contributed by atoms with van der Waals surface area (Å²) in [5.41, 5.74) is 6.16. The smallest absolute Gasteiger partial charge is 0.0278 e. The second-order valence-corrected chi connectivity index (χ2v) is 4.76. The molecule has 3 saturated heterocycles. The van der Waals surface area contributed by atoms with Crippen LogP contribution in [0.5, 0.6) is 0 Å². The molecule has 3 aliphatic rings. The second-order valence-electron chi connectivity index (χ2n) is 4.76. The maximum absolute atomic E-state index is 6.16. The quantitative estimate of drug-likeness (QED) is 0.581. The Morgan fingerprint density at radius 2 is 2.08 bits per heavy atom. The monoisotopic (exact) mass is 166 g/mol. The molecule has 0 spiro atoms. The highest BCUT2D eigenvalue weighted by Gasteiger charge is 2.48. The van der Waals surface area contributed by atoms with Gasteiger partial charge in [-0.25, -0.2) is 0 Å². The summed E-state index contributed by atoms with van der Waals surface area (Å²) in [5.74, 6) is 0.959. The van der Waals surface area contributed by atoms with Gasteiger partial charge in [0.05, 0.1) is 0 Å². The van der Waals surface area contributed by atoms with Gasteiger partial charge in [0.25, 0.3) is 0 Å². The largest absolute Gasteiger partial charge is 0.326 e. The molecule has 0 amide bonds. The minimum atomic E-state index is 0.494. The fourth-order valence-corrected chi connectivity index (χ4v) is 3.73. The third-order valence-electron chi connectivity index (χ3n) is 4.17. The molecule has 3 rings (SSSR count). The standard InChI is InChI=1S/C10H18N2/c11-9-4-3-8-6-7-2-1-5-12(8)10(7)9/h7-10H,1-6,11H2/t7-,8+,9-,10-/m0/s1. The zero-order valence-corrected chi connectivity index (χ0v) is 7.58. The van der Waals surface area contributed by atoms with E-state index in [0.29, 0.717) is 6.04 Å². The predicted molar refractivity (Wildman–Crippen MR) is 48.8 cm³/mol. The molecular formula is C10H18N2. The van der Waals surface area contributed by atoms with Crippen molar-refractivity contribution in [3.8, 4) is 0 Å². The van der Waals surface area contributed by atoms with Gasteiger partial charge in [-0.3, -0.25) is 4.90 Å². The molecule has 0 aromatic rings. The van der Waals surface area contributed by atoms with Crippen molar-refractivity contribution in [1.82, 2.24) is 4.90 Å². The molecule has 68 valence electrons. The number of hydrogen-bond donors (Lipinski definition) is 1. The number of hydrogen-bond acceptors (Lipinski definition) is 2. The van der Waals surface area contributed by atoms with Crippen LogP contribution in [0.25, 0.3) is 0 Å². The van der Waals surface area contributed by atoms with Crippen LogP contribution in [0.2, 0.25) is 0 Å². The molecule has 3 heterocycles. The Labute approximate surface area is 74.1 Å². The molecule has 0 aromatic heterocycles. The lowest BCUT2D eigenvalue weighted by atomic mass is 9.87. The lowest BCUT2D eigenvalue weighted by Gasteiger charge is -2.42. The average Bonchev–Trinajstić information content (AvgIpc) is 2.24. The van der Waals surface area contributed by atoms with Gasteiger partial charge in [0.2, 0.25) is 0 Å². The Kier molecular flexibility index (Phi) is 1.50. The van der Waals surface area contributed by atoms with Gasteiger partial charge in [0.15, 0.2) is 0 Å². The zero-order valence-electron chi connectivity index (χ0n) is 7.58. The summed E-state index contributed by atoms with van der Waals surface area (Å²) in [5, 5.41) is 0. The van der Waals surface area contributed by atoms with E-state index in [2.05, 4.69) is 4.90 Å². The van der Waals surface area contributed by atoms with Crippen LogP contribution in [0.15, 0.2) is 0 Å². The lowest BCUT2D eigenvalue weighted by molar-refractivity contribution is 0.0840. The van der Waals surface area contributed by atoms with Gasteiger partial charge in [-0.1, -0.05) is 0 Å². The number of piperidine rings is 2. The van der Waals surface area contributed by atoms with E-state index >= 15 is 0 Å². The van der Waals surface area contributed by atoms with Crippen LogP contribution in [-0.2, 0) is 0 Å². The van der Waals surface area contributed by atoms with Crippen molar-refractivity contribution in [3.05, 3.63) is 0 Å². The van der Waals surface area contributed by atoms with Gasteiger partial charge < -0.3 is 5.73 Å². The van der Waals surface area contributed by atoms with Crippen LogP contribution in [0, 0.1) is 5.92 Å². The molecule has 5 atom stereocenters. The van der Waals surface area contributed by atoms with Crippen LogP contribution in [-0.4, -0.2) is 29.6 Å². The molecular weight excluding hydrogens is 148 g/mol. The maximum atomic E-state index is 6.16. The van der Waals surface area contributed by atoms with E-state index < -0.39 is 0 Å². The molecule has 0 aromatic carbocycles. The molecule has 3 aliphatic heterocycles. The molecule has 1 unspecified atom stereocenters. The summed E-state index contributed by atoms with van der Waals surface area (Å²) in [4.78, 5) is 2.71. The first kappa shape index (κ1) is 7.34. The van der Waals surface area contributed by atoms with E-state index in [4.69, 9.17) is 5.73 Å². The summed E-state index contributed by atoms with van der Waals surface area (Å²) in [6.45, 7) is 1.33. The van der Waals surface area contributed by atoms with Crippen LogP contribution in [0.1, 0.15) is 32.1 Å². The van der Waals surface area contributed by atoms with E-state index in [-0.39, 0.29) is 0 Å². The molecule has 2 heteroatoms. The van der Waals surface area contributed by atoms with Crippen molar-refractivity contribution in [1.29, 1.82) is 0 Å². The summed E-state index contributed by atoms with van der Waals surface area (Å²) in [6, 6.07) is 2.19. The highest BCUT2D eigenvalue weighted by molar-refractivity contribution is 5.04. The fraction of sp³-hybridized carbons (Fsp3) is 1.00. The molecule has 2 N–H and O–H groups in total. The molecule has 0 aliphatic carbocycles. The van der Waals surface area contributed by atoms with Gasteiger partial charge in [0, 0.05) is 18.1 Å². The first-order chi connectivity index (χ1) is 5.86. The number of nitrogens with two attached hydrogens (primary N) is 1. The van der Waals surface area contributed by atoms with Gasteiger partial charge in [-0.15, -0.1) is 0 Å². The zero-order chi connectivity index (χ0) is 8.13. The lowest BCUT2D eigenvalue weighted by Crippen LogP contribution is -2.54. The van der Waals surface area contributed by atoms with Gasteiger partial charge in [0.1, 0.15) is 0 Å². The Morgan fingerprint density at radius 3 is 2.92 bits per heavy atom. The van der Waals surface area contributed by atoms with Crippen LogP contribution in [0.3, 0.4) is 0 Å². The van der Waals surface area contributed by atoms with Crippen LogP contribution in [0.4, 0.5) is 0 Å². The minimum absolute atomic E-state index is 0.494. The molecule has 2 nitrogen and oxygen atoms in total. The predicted octanol–water partition coefficient (Wildman–Crippen LogP) is 0.960. The van der Waals surface area contributed by atoms with Crippen LogP contribution >= 0.6 is 0 Å². The van der Waals surface area contributed by atoms with Crippen molar-refractivity contribution in [2.45, 2.75) is 50.2 Å². The SMILES string of the molecule is N[C@H]1CC[C@@H]2C[C@@H]3CCCN2[C@@H]31. The summed E-state index contributed by atoms with van der Waals surface area (Å²) >= 11 is 0. The van der Waals surface area contributed by atoms with E-state index in [1.54, 1.807) is 0 Å². The first-order valence-corrected chi connectivity index (χ1v) is 5.37. The van der Waals surface area contributed by atoms with Gasteiger partial charge in [-0.2, -0.15) is 0 Å². The third-order valence-corrected chi connectivity index (χ3v) is 4.17. The Hall–Kier alpha value is -0.0800. The highest BCUT2D eigenvalue weighted by atomic mass is 15.3. The van der Waals surface area contributed by atoms with Crippen LogP contribution < -0.4 is 5.73 Å².